The van der Waals surface area contributed by atoms with E-state index < -0.39 is 11.4 Å². The van der Waals surface area contributed by atoms with E-state index >= 15 is 0 Å². The molecule has 1 unspecified atom stereocenters. The summed E-state index contributed by atoms with van der Waals surface area (Å²) in [4.78, 5) is 23.9. The van der Waals surface area contributed by atoms with Gasteiger partial charge >= 0.3 is 5.97 Å². The van der Waals surface area contributed by atoms with Crippen LogP contribution in [0.2, 0.25) is 0 Å². The summed E-state index contributed by atoms with van der Waals surface area (Å²) in [7, 11) is 1.32. The van der Waals surface area contributed by atoms with Gasteiger partial charge in [0, 0.05) is 6.42 Å². The molecule has 0 aromatic carbocycles. The second kappa shape index (κ2) is 5.10. The molecule has 16 heavy (non-hydrogen) atoms. The molecule has 0 spiro atoms. The lowest BCUT2D eigenvalue weighted by Crippen LogP contribution is -2.39. The lowest BCUT2D eigenvalue weighted by atomic mass is 9.77. The number of ketones is 1. The summed E-state index contributed by atoms with van der Waals surface area (Å²) in [5, 5.41) is 0. The molecule has 0 N–H and O–H groups in total. The van der Waals surface area contributed by atoms with E-state index in [0.29, 0.717) is 24.8 Å². The third-order valence-electron chi connectivity index (χ3n) is 3.22. The highest BCUT2D eigenvalue weighted by Gasteiger charge is 2.50. The standard InChI is InChI=1S/C13H18O3/c1-4-5-8-11(14)13(12(15)16-3)9-6-7-10(13)2/h4H,1-2,5-9H2,3H3. The van der Waals surface area contributed by atoms with E-state index in [9.17, 15) is 9.59 Å². The number of carbonyl (C=O) groups is 2. The van der Waals surface area contributed by atoms with E-state index in [2.05, 4.69) is 13.2 Å². The topological polar surface area (TPSA) is 43.4 Å². The van der Waals surface area contributed by atoms with Crippen LogP contribution < -0.4 is 0 Å². The summed E-state index contributed by atoms with van der Waals surface area (Å²) in [6.07, 6.45) is 4.69. The molecule has 0 radical (unpaired) electrons. The van der Waals surface area contributed by atoms with Gasteiger partial charge in [0.2, 0.25) is 0 Å². The Bertz CT molecular complexity index is 330. The molecule has 0 aliphatic heterocycles. The van der Waals surface area contributed by atoms with Gasteiger partial charge in [-0.25, -0.2) is 0 Å². The molecule has 1 fully saturated rings. The lowest BCUT2D eigenvalue weighted by Gasteiger charge is -2.25. The molecule has 0 aromatic heterocycles. The number of hydrogen-bond acceptors (Lipinski definition) is 3. The number of rotatable bonds is 5. The van der Waals surface area contributed by atoms with Crippen LogP contribution >= 0.6 is 0 Å². The average Bonchev–Trinajstić information content (AvgIpc) is 2.68. The first-order chi connectivity index (χ1) is 7.59. The third kappa shape index (κ3) is 1.94. The maximum atomic E-state index is 12.1. The highest BCUT2D eigenvalue weighted by Crippen LogP contribution is 2.44. The van der Waals surface area contributed by atoms with Gasteiger partial charge in [-0.2, -0.15) is 0 Å². The first kappa shape index (κ1) is 12.7. The molecule has 1 rings (SSSR count). The highest BCUT2D eigenvalue weighted by molar-refractivity contribution is 6.07. The molecule has 3 nitrogen and oxygen atoms in total. The fraction of sp³-hybridized carbons (Fsp3) is 0.538. The van der Waals surface area contributed by atoms with Crippen LogP contribution in [0.3, 0.4) is 0 Å². The first-order valence-corrected chi connectivity index (χ1v) is 5.50. The largest absolute Gasteiger partial charge is 0.468 e. The van der Waals surface area contributed by atoms with Crippen LogP contribution in [-0.4, -0.2) is 18.9 Å². The van der Waals surface area contributed by atoms with Gasteiger partial charge in [-0.3, -0.25) is 9.59 Å². The number of carbonyl (C=O) groups excluding carboxylic acids is 2. The molecule has 3 heteroatoms. The Labute approximate surface area is 96.2 Å². The van der Waals surface area contributed by atoms with Gasteiger partial charge < -0.3 is 4.74 Å². The van der Waals surface area contributed by atoms with Gasteiger partial charge in [-0.15, -0.1) is 6.58 Å². The molecule has 0 saturated heterocycles. The summed E-state index contributed by atoms with van der Waals surface area (Å²) in [5.41, 5.74) is -0.369. The number of hydrogen-bond donors (Lipinski definition) is 0. The molecule has 1 aliphatic rings. The Morgan fingerprint density at radius 1 is 1.56 bits per heavy atom. The Morgan fingerprint density at radius 2 is 2.25 bits per heavy atom. The summed E-state index contributed by atoms with van der Waals surface area (Å²) >= 11 is 0. The van der Waals surface area contributed by atoms with Gasteiger partial charge in [0.1, 0.15) is 5.41 Å². The van der Waals surface area contributed by atoms with Crippen LogP contribution in [0.5, 0.6) is 0 Å². The van der Waals surface area contributed by atoms with E-state index in [-0.39, 0.29) is 5.78 Å². The number of methoxy groups -OCH3 is 1. The summed E-state index contributed by atoms with van der Waals surface area (Å²) in [6, 6.07) is 0. The maximum absolute atomic E-state index is 12.1. The normalized spacial score (nSPS) is 24.2. The lowest BCUT2D eigenvalue weighted by molar-refractivity contribution is -0.155. The molecule has 0 bridgehead atoms. The third-order valence-corrected chi connectivity index (χ3v) is 3.22. The van der Waals surface area contributed by atoms with Crippen LogP contribution in [0.1, 0.15) is 32.1 Å². The van der Waals surface area contributed by atoms with Crippen molar-refractivity contribution in [2.24, 2.45) is 5.41 Å². The minimum Gasteiger partial charge on any atom is -0.468 e. The highest BCUT2D eigenvalue weighted by atomic mass is 16.5. The van der Waals surface area contributed by atoms with Crippen LogP contribution in [-0.2, 0) is 14.3 Å². The minimum atomic E-state index is -1.07. The molecule has 1 atom stereocenters. The van der Waals surface area contributed by atoms with Crippen molar-refractivity contribution in [3.63, 3.8) is 0 Å². The maximum Gasteiger partial charge on any atom is 0.323 e. The number of allylic oxidation sites excluding steroid dienone is 1. The number of ether oxygens (including phenoxy) is 1. The van der Waals surface area contributed by atoms with Gasteiger partial charge in [0.15, 0.2) is 5.78 Å². The fourth-order valence-corrected chi connectivity index (χ4v) is 2.27. The fourth-order valence-electron chi connectivity index (χ4n) is 2.27. The van der Waals surface area contributed by atoms with Gasteiger partial charge in [-0.05, 0) is 25.7 Å². The van der Waals surface area contributed by atoms with E-state index in [4.69, 9.17) is 4.74 Å². The van der Waals surface area contributed by atoms with Crippen molar-refractivity contribution in [3.8, 4) is 0 Å². The molecular weight excluding hydrogens is 204 g/mol. The van der Waals surface area contributed by atoms with Crippen LogP contribution in [0.4, 0.5) is 0 Å². The van der Waals surface area contributed by atoms with E-state index in [0.717, 1.165) is 12.8 Å². The molecule has 0 aromatic rings. The predicted molar refractivity (Wildman–Crippen MR) is 61.9 cm³/mol. The van der Waals surface area contributed by atoms with E-state index in [1.54, 1.807) is 6.08 Å². The average molecular weight is 222 g/mol. The second-order valence-corrected chi connectivity index (χ2v) is 4.10. The molecule has 0 amide bonds. The van der Waals surface area contributed by atoms with Gasteiger partial charge in [0.05, 0.1) is 7.11 Å². The molecule has 0 heterocycles. The van der Waals surface area contributed by atoms with Crippen LogP contribution in [0.25, 0.3) is 0 Å². The van der Waals surface area contributed by atoms with Crippen molar-refractivity contribution >= 4 is 11.8 Å². The smallest absolute Gasteiger partial charge is 0.323 e. The van der Waals surface area contributed by atoms with Crippen molar-refractivity contribution in [3.05, 3.63) is 24.8 Å². The number of Topliss-reactive ketones (excluding diaryl/α,β-unsaturated/α-hetero) is 1. The SMILES string of the molecule is C=CCCC(=O)C1(C(=O)OC)CCCC1=C. The van der Waals surface area contributed by atoms with Gasteiger partial charge in [-0.1, -0.05) is 18.2 Å². The molecule has 88 valence electrons. The van der Waals surface area contributed by atoms with Crippen molar-refractivity contribution in [1.29, 1.82) is 0 Å². The van der Waals surface area contributed by atoms with E-state index in [1.807, 2.05) is 0 Å². The Balaban J connectivity index is 2.95. The van der Waals surface area contributed by atoms with Crippen molar-refractivity contribution in [1.82, 2.24) is 0 Å². The first-order valence-electron chi connectivity index (χ1n) is 5.50. The van der Waals surface area contributed by atoms with Crippen LogP contribution in [0, 0.1) is 5.41 Å². The minimum absolute atomic E-state index is 0.0817. The zero-order chi connectivity index (χ0) is 12.2. The predicted octanol–water partition coefficient (Wildman–Crippen LogP) is 2.42. The summed E-state index contributed by atoms with van der Waals surface area (Å²) < 4.78 is 4.76. The monoisotopic (exact) mass is 222 g/mol. The zero-order valence-electron chi connectivity index (χ0n) is 9.75. The number of esters is 1. The Kier molecular flexibility index (Phi) is 4.05. The van der Waals surface area contributed by atoms with Crippen molar-refractivity contribution in [2.75, 3.05) is 7.11 Å². The molecule has 1 saturated carbocycles. The molecule has 1 aliphatic carbocycles. The van der Waals surface area contributed by atoms with Gasteiger partial charge in [0.25, 0.3) is 0 Å². The quantitative estimate of drug-likeness (QED) is 0.407. The summed E-state index contributed by atoms with van der Waals surface area (Å²) in [6.45, 7) is 7.43. The summed E-state index contributed by atoms with van der Waals surface area (Å²) in [5.74, 6) is -0.536. The second-order valence-electron chi connectivity index (χ2n) is 4.10. The van der Waals surface area contributed by atoms with Crippen LogP contribution in [0.15, 0.2) is 24.8 Å². The molecular formula is C13H18O3. The Hall–Kier alpha value is -1.38. The van der Waals surface area contributed by atoms with Crippen molar-refractivity contribution in [2.45, 2.75) is 32.1 Å². The van der Waals surface area contributed by atoms with Crippen molar-refractivity contribution < 1.29 is 14.3 Å². The Morgan fingerprint density at radius 3 is 2.69 bits per heavy atom. The van der Waals surface area contributed by atoms with E-state index in [1.165, 1.54) is 7.11 Å². The zero-order valence-corrected chi connectivity index (χ0v) is 9.75.